The van der Waals surface area contributed by atoms with Crippen LogP contribution in [0.15, 0.2) is 36.8 Å². The van der Waals surface area contributed by atoms with E-state index in [2.05, 4.69) is 20.9 Å². The van der Waals surface area contributed by atoms with Gasteiger partial charge in [0.2, 0.25) is 5.76 Å². The van der Waals surface area contributed by atoms with Crippen LogP contribution in [-0.4, -0.2) is 20.6 Å². The number of H-pyrrole nitrogens is 1. The third kappa shape index (κ3) is 2.43. The second-order valence-corrected chi connectivity index (χ2v) is 4.29. The highest BCUT2D eigenvalue weighted by atomic mass is 79.9. The molecule has 0 aliphatic carbocycles. The summed E-state index contributed by atoms with van der Waals surface area (Å²) in [6.45, 7) is 0.0293. The summed E-state index contributed by atoms with van der Waals surface area (Å²) in [4.78, 5) is 35.3. The molecule has 0 amide bonds. The summed E-state index contributed by atoms with van der Waals surface area (Å²) in [7, 11) is 0. The third-order valence-corrected chi connectivity index (χ3v) is 2.73. The Hall–Kier alpha value is -2.09. The van der Waals surface area contributed by atoms with Crippen molar-refractivity contribution in [1.29, 1.82) is 0 Å². The maximum absolute atomic E-state index is 11.5. The summed E-state index contributed by atoms with van der Waals surface area (Å²) < 4.78 is 6.40. The molecule has 0 aromatic carbocycles. The summed E-state index contributed by atoms with van der Waals surface area (Å²) in [5, 5.41) is 8.68. The van der Waals surface area contributed by atoms with Crippen LogP contribution in [0.5, 0.6) is 0 Å². The quantitative estimate of drug-likeness (QED) is 0.864. The van der Waals surface area contributed by atoms with Crippen molar-refractivity contribution < 1.29 is 14.3 Å². The summed E-state index contributed by atoms with van der Waals surface area (Å²) in [5.41, 5.74) is -1.13. The third-order valence-electron chi connectivity index (χ3n) is 2.17. The van der Waals surface area contributed by atoms with Crippen LogP contribution in [0.4, 0.5) is 0 Å². The smallest absolute Gasteiger partial charge is 0.371 e. The molecule has 0 fully saturated rings. The Morgan fingerprint density at radius 1 is 1.44 bits per heavy atom. The molecule has 8 heteroatoms. The van der Waals surface area contributed by atoms with Crippen LogP contribution in [0.25, 0.3) is 0 Å². The lowest BCUT2D eigenvalue weighted by molar-refractivity contribution is 0.0660. The zero-order chi connectivity index (χ0) is 13.3. The fourth-order valence-electron chi connectivity index (χ4n) is 1.35. The van der Waals surface area contributed by atoms with Crippen molar-refractivity contribution in [3.63, 3.8) is 0 Å². The average molecular weight is 315 g/mol. The number of hydrogen-bond acceptors (Lipinski definition) is 4. The molecule has 0 aliphatic rings. The first kappa shape index (κ1) is 12.4. The van der Waals surface area contributed by atoms with E-state index in [0.29, 0.717) is 5.76 Å². The standard InChI is InChI=1S/C10H7BrN2O5/c11-6-4-13(10(17)12-8(6)14)3-5-1-2-7(18-5)9(15)16/h1-2,4H,3H2,(H,15,16)(H,12,14,17). The number of halogens is 1. The van der Waals surface area contributed by atoms with Crippen LogP contribution in [0.1, 0.15) is 16.3 Å². The molecule has 0 aliphatic heterocycles. The van der Waals surface area contributed by atoms with Gasteiger partial charge in [-0.15, -0.1) is 0 Å². The number of carboxylic acid groups (broad SMARTS) is 1. The van der Waals surface area contributed by atoms with Gasteiger partial charge in [0.05, 0.1) is 11.0 Å². The van der Waals surface area contributed by atoms with E-state index in [1.807, 2.05) is 0 Å². The van der Waals surface area contributed by atoms with Crippen molar-refractivity contribution in [1.82, 2.24) is 9.55 Å². The molecule has 0 spiro atoms. The second-order valence-electron chi connectivity index (χ2n) is 3.44. The number of nitrogens with zero attached hydrogens (tertiary/aromatic N) is 1. The molecule has 0 radical (unpaired) electrons. The van der Waals surface area contributed by atoms with Gasteiger partial charge in [0.1, 0.15) is 5.76 Å². The first-order valence-corrected chi connectivity index (χ1v) is 5.58. The molecule has 2 aromatic heterocycles. The number of aromatic amines is 1. The van der Waals surface area contributed by atoms with E-state index in [1.165, 1.54) is 22.9 Å². The first-order chi connectivity index (χ1) is 8.47. The molecule has 0 saturated heterocycles. The number of carboxylic acids is 1. The van der Waals surface area contributed by atoms with E-state index in [-0.39, 0.29) is 16.8 Å². The lowest BCUT2D eigenvalue weighted by Gasteiger charge is -2.02. The minimum Gasteiger partial charge on any atom is -0.475 e. The molecule has 0 atom stereocenters. The van der Waals surface area contributed by atoms with Gasteiger partial charge in [-0.3, -0.25) is 14.3 Å². The van der Waals surface area contributed by atoms with Crippen molar-refractivity contribution in [2.24, 2.45) is 0 Å². The van der Waals surface area contributed by atoms with Crippen LogP contribution >= 0.6 is 15.9 Å². The normalized spacial score (nSPS) is 10.5. The van der Waals surface area contributed by atoms with Crippen LogP contribution in [-0.2, 0) is 6.54 Å². The first-order valence-electron chi connectivity index (χ1n) is 4.78. The molecular formula is C10H7BrN2O5. The summed E-state index contributed by atoms with van der Waals surface area (Å²) in [6, 6.07) is 2.75. The van der Waals surface area contributed by atoms with Gasteiger partial charge in [0.15, 0.2) is 0 Å². The van der Waals surface area contributed by atoms with Crippen LogP contribution in [0, 0.1) is 0 Å². The van der Waals surface area contributed by atoms with E-state index in [9.17, 15) is 14.4 Å². The predicted molar refractivity (Wildman–Crippen MR) is 63.8 cm³/mol. The maximum atomic E-state index is 11.5. The Labute approximate surface area is 108 Å². The highest BCUT2D eigenvalue weighted by Gasteiger charge is 2.10. The van der Waals surface area contributed by atoms with E-state index in [1.54, 1.807) is 0 Å². The molecule has 18 heavy (non-hydrogen) atoms. The topological polar surface area (TPSA) is 105 Å². The van der Waals surface area contributed by atoms with Crippen molar-refractivity contribution in [3.05, 3.63) is 55.2 Å². The highest BCUT2D eigenvalue weighted by Crippen LogP contribution is 2.09. The van der Waals surface area contributed by atoms with Gasteiger partial charge < -0.3 is 9.52 Å². The minimum atomic E-state index is -1.18. The Kier molecular flexibility index (Phi) is 3.19. The van der Waals surface area contributed by atoms with Crippen molar-refractivity contribution in [3.8, 4) is 0 Å². The Morgan fingerprint density at radius 2 is 2.17 bits per heavy atom. The SMILES string of the molecule is O=C(O)c1ccc(Cn2cc(Br)c(=O)[nH]c2=O)o1. The number of furan rings is 1. The molecule has 94 valence electrons. The van der Waals surface area contributed by atoms with Crippen molar-refractivity contribution >= 4 is 21.9 Å². The van der Waals surface area contributed by atoms with Crippen LogP contribution in [0.3, 0.4) is 0 Å². The number of aromatic carboxylic acids is 1. The zero-order valence-electron chi connectivity index (χ0n) is 8.84. The monoisotopic (exact) mass is 314 g/mol. The Morgan fingerprint density at radius 3 is 2.78 bits per heavy atom. The van der Waals surface area contributed by atoms with Crippen molar-refractivity contribution in [2.75, 3.05) is 0 Å². The highest BCUT2D eigenvalue weighted by molar-refractivity contribution is 9.10. The molecule has 7 nitrogen and oxygen atoms in total. The van der Waals surface area contributed by atoms with E-state index < -0.39 is 17.2 Å². The minimum absolute atomic E-state index is 0.0293. The molecular weight excluding hydrogens is 308 g/mol. The Bertz CT molecular complexity index is 712. The van der Waals surface area contributed by atoms with Crippen LogP contribution < -0.4 is 11.2 Å². The summed E-state index contributed by atoms with van der Waals surface area (Å²) in [5.74, 6) is -1.09. The molecule has 0 saturated carbocycles. The predicted octanol–water partition coefficient (Wildman–Crippen LogP) is 0.639. The lowest BCUT2D eigenvalue weighted by Crippen LogP contribution is -2.30. The lowest BCUT2D eigenvalue weighted by atomic mass is 10.4. The molecule has 0 bridgehead atoms. The molecule has 0 unspecified atom stereocenters. The number of rotatable bonds is 3. The number of hydrogen-bond donors (Lipinski definition) is 2. The Balaban J connectivity index is 2.34. The van der Waals surface area contributed by atoms with Gasteiger partial charge in [-0.25, -0.2) is 9.59 Å². The zero-order valence-corrected chi connectivity index (χ0v) is 10.4. The molecule has 2 aromatic rings. The molecule has 2 heterocycles. The number of nitrogens with one attached hydrogen (secondary N) is 1. The van der Waals surface area contributed by atoms with Gasteiger partial charge in [0.25, 0.3) is 5.56 Å². The molecule has 2 N–H and O–H groups in total. The van der Waals surface area contributed by atoms with Gasteiger partial charge >= 0.3 is 11.7 Å². The summed E-state index contributed by atoms with van der Waals surface area (Å²) >= 11 is 2.99. The number of carbonyl (C=O) groups is 1. The van der Waals surface area contributed by atoms with Crippen molar-refractivity contribution in [2.45, 2.75) is 6.54 Å². The number of aromatic nitrogens is 2. The van der Waals surface area contributed by atoms with E-state index in [4.69, 9.17) is 9.52 Å². The summed E-state index contributed by atoms with van der Waals surface area (Å²) in [6.07, 6.45) is 1.31. The van der Waals surface area contributed by atoms with Gasteiger partial charge in [-0.1, -0.05) is 0 Å². The fraction of sp³-hybridized carbons (Fsp3) is 0.100. The van der Waals surface area contributed by atoms with E-state index >= 15 is 0 Å². The van der Waals surface area contributed by atoms with E-state index in [0.717, 1.165) is 0 Å². The molecule has 2 rings (SSSR count). The van der Waals surface area contributed by atoms with Gasteiger partial charge in [-0.2, -0.15) is 0 Å². The maximum Gasteiger partial charge on any atom is 0.371 e. The van der Waals surface area contributed by atoms with Gasteiger partial charge in [-0.05, 0) is 28.1 Å². The largest absolute Gasteiger partial charge is 0.475 e. The second kappa shape index (κ2) is 4.65. The van der Waals surface area contributed by atoms with Crippen LogP contribution in [0.2, 0.25) is 0 Å². The fourth-order valence-corrected chi connectivity index (χ4v) is 1.69. The van der Waals surface area contributed by atoms with Gasteiger partial charge in [0, 0.05) is 6.20 Å². The average Bonchev–Trinajstić information content (AvgIpc) is 2.74.